The number of ether oxygens (including phenoxy) is 2. The smallest absolute Gasteiger partial charge is 0.125 e. The highest BCUT2D eigenvalue weighted by Gasteiger charge is 2.05. The Bertz CT molecular complexity index is 654. The summed E-state index contributed by atoms with van der Waals surface area (Å²) >= 11 is 0. The van der Waals surface area contributed by atoms with Crippen molar-refractivity contribution in [3.63, 3.8) is 0 Å². The molecule has 0 unspecified atom stereocenters. The van der Waals surface area contributed by atoms with Crippen molar-refractivity contribution in [2.24, 2.45) is 0 Å². The van der Waals surface area contributed by atoms with Gasteiger partial charge in [0.25, 0.3) is 0 Å². The molecule has 0 aromatic heterocycles. The Balaban J connectivity index is 2.15. The molecule has 21 heavy (non-hydrogen) atoms. The topological polar surface area (TPSA) is 38.7 Å². The van der Waals surface area contributed by atoms with E-state index in [1.165, 1.54) is 12.1 Å². The van der Waals surface area contributed by atoms with Crippen LogP contribution in [0.4, 0.5) is 4.39 Å². The summed E-state index contributed by atoms with van der Waals surface area (Å²) in [7, 11) is 1.58. The molecule has 2 aromatic rings. The van der Waals surface area contributed by atoms with Gasteiger partial charge in [-0.3, -0.25) is 0 Å². The van der Waals surface area contributed by atoms with Crippen molar-refractivity contribution in [1.82, 2.24) is 0 Å². The average Bonchev–Trinajstić information content (AvgIpc) is 2.52. The predicted octanol–water partition coefficient (Wildman–Crippen LogP) is 2.76. The van der Waals surface area contributed by atoms with Crippen LogP contribution in [0.2, 0.25) is 0 Å². The Morgan fingerprint density at radius 2 is 1.90 bits per heavy atom. The van der Waals surface area contributed by atoms with Gasteiger partial charge in [-0.15, -0.1) is 0 Å². The van der Waals surface area contributed by atoms with Gasteiger partial charge in [0.1, 0.15) is 30.5 Å². The number of halogens is 1. The molecule has 0 aliphatic carbocycles. The summed E-state index contributed by atoms with van der Waals surface area (Å²) in [6.07, 6.45) is 0. The van der Waals surface area contributed by atoms with Crippen LogP contribution in [0, 0.1) is 17.7 Å². The second kappa shape index (κ2) is 7.32. The molecule has 0 bridgehead atoms. The lowest BCUT2D eigenvalue weighted by Crippen LogP contribution is -1.99. The summed E-state index contributed by atoms with van der Waals surface area (Å²) in [6, 6.07) is 11.3. The minimum absolute atomic E-state index is 0.187. The molecule has 0 fully saturated rings. The molecule has 0 saturated heterocycles. The van der Waals surface area contributed by atoms with Crippen LogP contribution in [0.3, 0.4) is 0 Å². The van der Waals surface area contributed by atoms with E-state index in [9.17, 15) is 4.39 Å². The van der Waals surface area contributed by atoms with Crippen LogP contribution in [-0.4, -0.2) is 18.8 Å². The van der Waals surface area contributed by atoms with Crippen LogP contribution in [0.1, 0.15) is 11.1 Å². The zero-order valence-electron chi connectivity index (χ0n) is 11.6. The first-order chi connectivity index (χ1) is 10.2. The van der Waals surface area contributed by atoms with E-state index in [0.29, 0.717) is 11.5 Å². The summed E-state index contributed by atoms with van der Waals surface area (Å²) in [5.74, 6) is 6.38. The maximum Gasteiger partial charge on any atom is 0.125 e. The molecule has 1 N–H and O–H groups in total. The summed E-state index contributed by atoms with van der Waals surface area (Å²) in [4.78, 5) is 0. The summed E-state index contributed by atoms with van der Waals surface area (Å²) in [5.41, 5.74) is 1.59. The molecule has 0 saturated carbocycles. The van der Waals surface area contributed by atoms with Crippen molar-refractivity contribution in [2.75, 3.05) is 13.7 Å². The highest BCUT2D eigenvalue weighted by atomic mass is 19.1. The molecule has 0 heterocycles. The Labute approximate surface area is 122 Å². The molecule has 3 nitrogen and oxygen atoms in total. The first kappa shape index (κ1) is 14.9. The summed E-state index contributed by atoms with van der Waals surface area (Å²) in [5, 5.41) is 8.72. The Morgan fingerprint density at radius 3 is 2.57 bits per heavy atom. The van der Waals surface area contributed by atoms with E-state index >= 15 is 0 Å². The van der Waals surface area contributed by atoms with Crippen molar-refractivity contribution in [3.8, 4) is 23.3 Å². The third-order valence-corrected chi connectivity index (χ3v) is 2.80. The lowest BCUT2D eigenvalue weighted by atomic mass is 10.1. The van der Waals surface area contributed by atoms with Crippen LogP contribution in [0.15, 0.2) is 42.5 Å². The fraction of sp³-hybridized carbons (Fsp3) is 0.176. The minimum atomic E-state index is -0.304. The highest BCUT2D eigenvalue weighted by Crippen LogP contribution is 2.22. The van der Waals surface area contributed by atoms with Gasteiger partial charge in [-0.1, -0.05) is 11.8 Å². The standard InChI is InChI=1S/C17H15FO3/c1-20-17-9-4-13(3-2-10-19)11-14(17)12-21-16-7-5-15(18)6-8-16/h4-9,11,19H,10,12H2,1H3. The van der Waals surface area contributed by atoms with E-state index < -0.39 is 0 Å². The summed E-state index contributed by atoms with van der Waals surface area (Å²) in [6.45, 7) is 0.0941. The molecule has 2 aromatic carbocycles. The van der Waals surface area contributed by atoms with Gasteiger partial charge in [0.15, 0.2) is 0 Å². The zero-order valence-corrected chi connectivity index (χ0v) is 11.6. The lowest BCUT2D eigenvalue weighted by molar-refractivity contribution is 0.296. The maximum absolute atomic E-state index is 12.8. The normalized spacial score (nSPS) is 9.67. The second-order valence-electron chi connectivity index (χ2n) is 4.23. The summed E-state index contributed by atoms with van der Waals surface area (Å²) < 4.78 is 23.7. The van der Waals surface area contributed by atoms with Crippen molar-refractivity contribution < 1.29 is 19.0 Å². The fourth-order valence-electron chi connectivity index (χ4n) is 1.80. The molecule has 0 radical (unpaired) electrons. The highest BCUT2D eigenvalue weighted by molar-refractivity contribution is 5.44. The number of rotatable bonds is 4. The molecule has 0 atom stereocenters. The maximum atomic E-state index is 12.8. The van der Waals surface area contributed by atoms with Crippen LogP contribution in [-0.2, 0) is 6.61 Å². The molecular formula is C17H15FO3. The van der Waals surface area contributed by atoms with Crippen LogP contribution >= 0.6 is 0 Å². The number of aliphatic hydroxyl groups is 1. The number of benzene rings is 2. The van der Waals surface area contributed by atoms with E-state index in [1.807, 2.05) is 12.1 Å². The van der Waals surface area contributed by atoms with Gasteiger partial charge >= 0.3 is 0 Å². The lowest BCUT2D eigenvalue weighted by Gasteiger charge is -2.10. The van der Waals surface area contributed by atoms with Crippen LogP contribution in [0.5, 0.6) is 11.5 Å². The van der Waals surface area contributed by atoms with Crippen molar-refractivity contribution in [2.45, 2.75) is 6.61 Å². The molecule has 2 rings (SSSR count). The van der Waals surface area contributed by atoms with Gasteiger partial charge in [-0.25, -0.2) is 4.39 Å². The SMILES string of the molecule is COc1ccc(C#CCO)cc1COc1ccc(F)cc1. The van der Waals surface area contributed by atoms with E-state index in [2.05, 4.69) is 11.8 Å². The molecule has 108 valence electrons. The van der Waals surface area contributed by atoms with Gasteiger partial charge < -0.3 is 14.6 Å². The largest absolute Gasteiger partial charge is 0.496 e. The fourth-order valence-corrected chi connectivity index (χ4v) is 1.80. The van der Waals surface area contributed by atoms with E-state index in [4.69, 9.17) is 14.6 Å². The van der Waals surface area contributed by atoms with Gasteiger partial charge in [0.05, 0.1) is 7.11 Å². The number of hydrogen-bond acceptors (Lipinski definition) is 3. The third kappa shape index (κ3) is 4.23. The van der Waals surface area contributed by atoms with Crippen LogP contribution < -0.4 is 9.47 Å². The number of methoxy groups -OCH3 is 1. The van der Waals surface area contributed by atoms with Crippen molar-refractivity contribution in [1.29, 1.82) is 0 Å². The molecular weight excluding hydrogens is 271 g/mol. The quantitative estimate of drug-likeness (QED) is 0.878. The Morgan fingerprint density at radius 1 is 1.14 bits per heavy atom. The third-order valence-electron chi connectivity index (χ3n) is 2.80. The second-order valence-corrected chi connectivity index (χ2v) is 4.23. The molecule has 4 heteroatoms. The van der Waals surface area contributed by atoms with E-state index in [-0.39, 0.29) is 19.0 Å². The first-order valence-electron chi connectivity index (χ1n) is 6.38. The number of hydrogen-bond donors (Lipinski definition) is 1. The molecule has 0 spiro atoms. The van der Waals surface area contributed by atoms with Gasteiger partial charge in [-0.05, 0) is 42.5 Å². The first-order valence-corrected chi connectivity index (χ1v) is 6.38. The van der Waals surface area contributed by atoms with Gasteiger partial charge in [0.2, 0.25) is 0 Å². The predicted molar refractivity (Wildman–Crippen MR) is 77.7 cm³/mol. The Kier molecular flexibility index (Phi) is 5.19. The van der Waals surface area contributed by atoms with Crippen molar-refractivity contribution >= 4 is 0 Å². The zero-order chi connectivity index (χ0) is 15.1. The van der Waals surface area contributed by atoms with E-state index in [0.717, 1.165) is 11.1 Å². The molecule has 0 aliphatic heterocycles. The van der Waals surface area contributed by atoms with Crippen LogP contribution in [0.25, 0.3) is 0 Å². The van der Waals surface area contributed by atoms with Gasteiger partial charge in [0, 0.05) is 11.1 Å². The average molecular weight is 286 g/mol. The Hall–Kier alpha value is -2.51. The number of aliphatic hydroxyl groups excluding tert-OH is 1. The molecule has 0 aliphatic rings. The van der Waals surface area contributed by atoms with E-state index in [1.54, 1.807) is 25.3 Å². The minimum Gasteiger partial charge on any atom is -0.496 e. The van der Waals surface area contributed by atoms with Crippen molar-refractivity contribution in [3.05, 3.63) is 59.4 Å². The molecule has 0 amide bonds. The van der Waals surface area contributed by atoms with Gasteiger partial charge in [-0.2, -0.15) is 0 Å². The monoisotopic (exact) mass is 286 g/mol.